The first-order chi connectivity index (χ1) is 9.60. The smallest absolute Gasteiger partial charge is 0.222 e. The van der Waals surface area contributed by atoms with Crippen molar-refractivity contribution in [2.45, 2.75) is 64.5 Å². The second kappa shape index (κ2) is 7.41. The van der Waals surface area contributed by atoms with Gasteiger partial charge in [-0.2, -0.15) is 0 Å². The molecule has 0 bridgehead atoms. The van der Waals surface area contributed by atoms with Gasteiger partial charge in [-0.25, -0.2) is 0 Å². The van der Waals surface area contributed by atoms with Gasteiger partial charge >= 0.3 is 0 Å². The molecule has 4 heteroatoms. The first kappa shape index (κ1) is 15.8. The Morgan fingerprint density at radius 1 is 1.30 bits per heavy atom. The van der Waals surface area contributed by atoms with Crippen LogP contribution in [0.1, 0.15) is 52.4 Å². The third-order valence-electron chi connectivity index (χ3n) is 4.81. The maximum absolute atomic E-state index is 11.9. The number of hydrogen-bond donors (Lipinski definition) is 2. The van der Waals surface area contributed by atoms with Crippen LogP contribution in [0, 0.1) is 11.8 Å². The highest BCUT2D eigenvalue weighted by Gasteiger charge is 2.33. The van der Waals surface area contributed by atoms with Crippen molar-refractivity contribution in [3.05, 3.63) is 0 Å². The zero-order valence-corrected chi connectivity index (χ0v) is 13.0. The van der Waals surface area contributed by atoms with E-state index in [1.54, 1.807) is 0 Å². The number of rotatable bonds is 5. The molecule has 2 N–H and O–H groups in total. The van der Waals surface area contributed by atoms with Crippen LogP contribution in [-0.4, -0.2) is 47.7 Å². The normalized spacial score (nSPS) is 29.0. The Bertz CT molecular complexity index is 314. The summed E-state index contributed by atoms with van der Waals surface area (Å²) in [6.45, 7) is 6.23. The summed E-state index contributed by atoms with van der Waals surface area (Å²) in [7, 11) is 0. The molecule has 0 radical (unpaired) electrons. The summed E-state index contributed by atoms with van der Waals surface area (Å²) in [6, 6.07) is 0.964. The van der Waals surface area contributed by atoms with Crippen molar-refractivity contribution in [2.24, 2.45) is 11.8 Å². The van der Waals surface area contributed by atoms with Crippen molar-refractivity contribution in [1.82, 2.24) is 10.2 Å². The molecule has 2 rings (SSSR count). The molecule has 1 heterocycles. The fourth-order valence-corrected chi connectivity index (χ4v) is 3.67. The van der Waals surface area contributed by atoms with Crippen molar-refractivity contribution < 1.29 is 9.90 Å². The highest BCUT2D eigenvalue weighted by atomic mass is 16.3. The molecule has 2 atom stereocenters. The van der Waals surface area contributed by atoms with Crippen LogP contribution in [-0.2, 0) is 4.79 Å². The third kappa shape index (κ3) is 4.19. The Kier molecular flexibility index (Phi) is 5.85. The van der Waals surface area contributed by atoms with Crippen LogP contribution in [0.2, 0.25) is 0 Å². The lowest BCUT2D eigenvalue weighted by molar-refractivity contribution is -0.125. The van der Waals surface area contributed by atoms with Gasteiger partial charge in [-0.05, 0) is 31.6 Å². The molecule has 2 fully saturated rings. The summed E-state index contributed by atoms with van der Waals surface area (Å²) in [5.74, 6) is 0.728. The molecule has 0 aromatic rings. The van der Waals surface area contributed by atoms with Gasteiger partial charge in [0.15, 0.2) is 0 Å². The topological polar surface area (TPSA) is 52.6 Å². The first-order valence-corrected chi connectivity index (χ1v) is 8.25. The van der Waals surface area contributed by atoms with Crippen molar-refractivity contribution in [3.8, 4) is 0 Å². The van der Waals surface area contributed by atoms with E-state index in [0.717, 1.165) is 25.9 Å². The molecule has 4 nitrogen and oxygen atoms in total. The number of amides is 1. The van der Waals surface area contributed by atoms with Gasteiger partial charge in [-0.1, -0.05) is 26.7 Å². The number of likely N-dealkylation sites (tertiary alicyclic amines) is 1. The van der Waals surface area contributed by atoms with Gasteiger partial charge < -0.3 is 10.4 Å². The van der Waals surface area contributed by atoms with E-state index < -0.39 is 0 Å². The lowest BCUT2D eigenvalue weighted by Gasteiger charge is -2.41. The fraction of sp³-hybridized carbons (Fsp3) is 0.938. The molecule has 2 unspecified atom stereocenters. The van der Waals surface area contributed by atoms with E-state index in [2.05, 4.69) is 10.2 Å². The highest BCUT2D eigenvalue weighted by Crippen LogP contribution is 2.29. The van der Waals surface area contributed by atoms with Crippen LogP contribution in [0.5, 0.6) is 0 Å². The highest BCUT2D eigenvalue weighted by molar-refractivity contribution is 5.78. The zero-order valence-electron chi connectivity index (χ0n) is 13.0. The molecular formula is C16H30N2O2. The van der Waals surface area contributed by atoms with Gasteiger partial charge in [-0.3, -0.25) is 9.69 Å². The second-order valence-electron chi connectivity index (χ2n) is 6.87. The summed E-state index contributed by atoms with van der Waals surface area (Å²) < 4.78 is 0. The number of carbonyl (C=O) groups excluding carboxylic acids is 1. The van der Waals surface area contributed by atoms with Gasteiger partial charge in [0.1, 0.15) is 0 Å². The number of carbonyl (C=O) groups is 1. The van der Waals surface area contributed by atoms with Crippen LogP contribution in [0.4, 0.5) is 0 Å². The Labute approximate surface area is 122 Å². The molecule has 2 aliphatic rings. The number of hydrogen-bond acceptors (Lipinski definition) is 3. The molecule has 1 amide bonds. The lowest BCUT2D eigenvalue weighted by Crippen LogP contribution is -2.54. The van der Waals surface area contributed by atoms with E-state index in [1.165, 1.54) is 25.7 Å². The molecule has 1 saturated heterocycles. The maximum Gasteiger partial charge on any atom is 0.222 e. The molecule has 0 aromatic heterocycles. The molecule has 0 aromatic carbocycles. The van der Waals surface area contributed by atoms with Gasteiger partial charge in [0.2, 0.25) is 5.91 Å². The Hall–Kier alpha value is -0.610. The number of piperidine rings is 1. The van der Waals surface area contributed by atoms with E-state index >= 15 is 0 Å². The minimum Gasteiger partial charge on any atom is -0.396 e. The average Bonchev–Trinajstić information content (AvgIpc) is 2.92. The summed E-state index contributed by atoms with van der Waals surface area (Å²) in [4.78, 5) is 14.5. The summed E-state index contributed by atoms with van der Waals surface area (Å²) >= 11 is 0. The van der Waals surface area contributed by atoms with E-state index in [-0.39, 0.29) is 24.5 Å². The molecule has 1 aliphatic carbocycles. The quantitative estimate of drug-likeness (QED) is 0.808. The molecule has 116 valence electrons. The maximum atomic E-state index is 11.9. The van der Waals surface area contributed by atoms with Crippen molar-refractivity contribution in [3.63, 3.8) is 0 Å². The number of aliphatic hydroxyl groups excluding tert-OH is 1. The van der Waals surface area contributed by atoms with E-state index in [9.17, 15) is 9.90 Å². The third-order valence-corrected chi connectivity index (χ3v) is 4.81. The molecule has 1 aliphatic heterocycles. The van der Waals surface area contributed by atoms with Crippen LogP contribution < -0.4 is 5.32 Å². The Morgan fingerprint density at radius 3 is 2.60 bits per heavy atom. The SMILES string of the molecule is CC(C)C(=O)NC1CC(CCO)CN(C2CCCC2)C1. The van der Waals surface area contributed by atoms with Gasteiger partial charge in [0, 0.05) is 37.7 Å². The van der Waals surface area contributed by atoms with E-state index in [0.29, 0.717) is 12.0 Å². The number of nitrogens with one attached hydrogen (secondary N) is 1. The Morgan fingerprint density at radius 2 is 2.00 bits per heavy atom. The van der Waals surface area contributed by atoms with Gasteiger partial charge in [0.05, 0.1) is 0 Å². The van der Waals surface area contributed by atoms with Crippen LogP contribution in [0.25, 0.3) is 0 Å². The molecule has 1 saturated carbocycles. The van der Waals surface area contributed by atoms with Crippen LogP contribution in [0.15, 0.2) is 0 Å². The molecule has 20 heavy (non-hydrogen) atoms. The van der Waals surface area contributed by atoms with Crippen molar-refractivity contribution >= 4 is 5.91 Å². The summed E-state index contributed by atoms with van der Waals surface area (Å²) in [5, 5.41) is 12.4. The van der Waals surface area contributed by atoms with Gasteiger partial charge in [0.25, 0.3) is 0 Å². The average molecular weight is 282 g/mol. The molecular weight excluding hydrogens is 252 g/mol. The van der Waals surface area contributed by atoms with Gasteiger partial charge in [-0.15, -0.1) is 0 Å². The zero-order chi connectivity index (χ0) is 14.5. The summed E-state index contributed by atoms with van der Waals surface area (Å²) in [6.07, 6.45) is 7.16. The number of nitrogens with zero attached hydrogens (tertiary/aromatic N) is 1. The van der Waals surface area contributed by atoms with Crippen molar-refractivity contribution in [2.75, 3.05) is 19.7 Å². The first-order valence-electron chi connectivity index (χ1n) is 8.25. The monoisotopic (exact) mass is 282 g/mol. The number of aliphatic hydroxyl groups is 1. The molecule has 0 spiro atoms. The lowest BCUT2D eigenvalue weighted by atomic mass is 9.90. The standard InChI is InChI=1S/C16H30N2O2/c1-12(2)16(20)17-14-9-13(7-8-19)10-18(11-14)15-5-3-4-6-15/h12-15,19H,3-11H2,1-2H3,(H,17,20). The second-order valence-corrected chi connectivity index (χ2v) is 6.87. The largest absolute Gasteiger partial charge is 0.396 e. The predicted molar refractivity (Wildman–Crippen MR) is 80.4 cm³/mol. The minimum atomic E-state index is 0.0492. The van der Waals surface area contributed by atoms with Crippen LogP contribution >= 0.6 is 0 Å². The van der Waals surface area contributed by atoms with E-state index in [1.807, 2.05) is 13.8 Å². The predicted octanol–water partition coefficient (Wildman–Crippen LogP) is 1.77. The minimum absolute atomic E-state index is 0.0492. The van der Waals surface area contributed by atoms with E-state index in [4.69, 9.17) is 0 Å². The summed E-state index contributed by atoms with van der Waals surface area (Å²) in [5.41, 5.74) is 0. The van der Waals surface area contributed by atoms with Crippen molar-refractivity contribution in [1.29, 1.82) is 0 Å². The fourth-order valence-electron chi connectivity index (χ4n) is 3.67. The Balaban J connectivity index is 1.94. The van der Waals surface area contributed by atoms with Crippen LogP contribution in [0.3, 0.4) is 0 Å².